The molecule has 0 bridgehead atoms. The molecule has 0 rings (SSSR count). The van der Waals surface area contributed by atoms with E-state index in [2.05, 4.69) is 6.92 Å². The second kappa shape index (κ2) is 8.96. The molecule has 0 heterocycles. The van der Waals surface area contributed by atoms with E-state index in [0.29, 0.717) is 5.75 Å². The predicted molar refractivity (Wildman–Crippen MR) is 66.8 cm³/mol. The minimum absolute atomic E-state index is 0.207. The van der Waals surface area contributed by atoms with Crippen LogP contribution in [0.15, 0.2) is 12.2 Å². The molecule has 0 aliphatic heterocycles. The minimum Gasteiger partial charge on any atom is -0.229 e. The molecule has 2 nitrogen and oxygen atoms in total. The van der Waals surface area contributed by atoms with E-state index in [9.17, 15) is 8.42 Å². The van der Waals surface area contributed by atoms with Crippen LogP contribution in [0, 0.1) is 0 Å². The highest BCUT2D eigenvalue weighted by atomic mass is 32.2. The van der Waals surface area contributed by atoms with Crippen molar-refractivity contribution in [1.29, 1.82) is 0 Å². The van der Waals surface area contributed by atoms with E-state index < -0.39 is 9.84 Å². The Labute approximate surface area is 94.7 Å². The Kier molecular flexibility index (Phi) is 8.77. The lowest BCUT2D eigenvalue weighted by atomic mass is 10.1. The van der Waals surface area contributed by atoms with Crippen LogP contribution in [0.1, 0.15) is 52.4 Å². The summed E-state index contributed by atoms with van der Waals surface area (Å²) in [6, 6.07) is 0. The Morgan fingerprint density at radius 2 is 1.60 bits per heavy atom. The molecule has 0 aromatic carbocycles. The standard InChI is InChI=1S/C12H24O2S/c1-3-5-7-8-9-10-12-15(13,14)11-6-4-2/h4,6H,3,5,7-12H2,1-2H3/b6-4+. The SMILES string of the molecule is C/C=C/CS(=O)(=O)CCCCCCCC. The molecule has 0 spiro atoms. The second-order valence-electron chi connectivity index (χ2n) is 3.95. The molecular formula is C12H24O2S. The highest BCUT2D eigenvalue weighted by molar-refractivity contribution is 7.91. The van der Waals surface area contributed by atoms with Gasteiger partial charge in [0.05, 0.1) is 11.5 Å². The number of hydrogen-bond donors (Lipinski definition) is 0. The van der Waals surface area contributed by atoms with Crippen molar-refractivity contribution in [2.75, 3.05) is 11.5 Å². The average molecular weight is 232 g/mol. The smallest absolute Gasteiger partial charge is 0.153 e. The molecule has 0 radical (unpaired) electrons. The van der Waals surface area contributed by atoms with Crippen LogP contribution >= 0.6 is 0 Å². The summed E-state index contributed by atoms with van der Waals surface area (Å²) < 4.78 is 22.9. The van der Waals surface area contributed by atoms with Gasteiger partial charge >= 0.3 is 0 Å². The van der Waals surface area contributed by atoms with Gasteiger partial charge < -0.3 is 0 Å². The van der Waals surface area contributed by atoms with Crippen LogP contribution in [0.2, 0.25) is 0 Å². The Balaban J connectivity index is 3.49. The maximum absolute atomic E-state index is 11.4. The van der Waals surface area contributed by atoms with Crippen molar-refractivity contribution >= 4 is 9.84 Å². The third-order valence-electron chi connectivity index (χ3n) is 2.39. The van der Waals surface area contributed by atoms with Crippen molar-refractivity contribution in [2.45, 2.75) is 52.4 Å². The molecule has 3 heteroatoms. The van der Waals surface area contributed by atoms with Crippen LogP contribution in [0.5, 0.6) is 0 Å². The van der Waals surface area contributed by atoms with Crippen molar-refractivity contribution in [3.63, 3.8) is 0 Å². The van der Waals surface area contributed by atoms with E-state index in [4.69, 9.17) is 0 Å². The zero-order chi connectivity index (χ0) is 11.6. The molecule has 0 aromatic heterocycles. The first-order valence-electron chi connectivity index (χ1n) is 5.94. The Bertz CT molecular complexity index is 253. The van der Waals surface area contributed by atoms with Gasteiger partial charge in [-0.1, -0.05) is 51.2 Å². The van der Waals surface area contributed by atoms with Crippen molar-refractivity contribution in [3.05, 3.63) is 12.2 Å². The number of unbranched alkanes of at least 4 members (excludes halogenated alkanes) is 5. The van der Waals surface area contributed by atoms with Crippen molar-refractivity contribution in [3.8, 4) is 0 Å². The van der Waals surface area contributed by atoms with Gasteiger partial charge in [-0.3, -0.25) is 0 Å². The first-order chi connectivity index (χ1) is 7.12. The zero-order valence-corrected chi connectivity index (χ0v) is 10.9. The first kappa shape index (κ1) is 14.7. The summed E-state index contributed by atoms with van der Waals surface area (Å²) in [6.45, 7) is 4.03. The van der Waals surface area contributed by atoms with E-state index in [1.807, 2.05) is 6.92 Å². The predicted octanol–water partition coefficient (Wildman–Crippen LogP) is 3.34. The highest BCUT2D eigenvalue weighted by Gasteiger charge is 2.07. The molecule has 15 heavy (non-hydrogen) atoms. The van der Waals surface area contributed by atoms with Gasteiger partial charge in [-0.25, -0.2) is 8.42 Å². The highest BCUT2D eigenvalue weighted by Crippen LogP contribution is 2.06. The normalized spacial score (nSPS) is 12.4. The second-order valence-corrected chi connectivity index (χ2v) is 6.18. The summed E-state index contributed by atoms with van der Waals surface area (Å²) in [5.41, 5.74) is 0. The fourth-order valence-corrected chi connectivity index (χ4v) is 2.72. The lowest BCUT2D eigenvalue weighted by molar-refractivity contribution is 0.586. The monoisotopic (exact) mass is 232 g/mol. The molecule has 0 aliphatic rings. The number of rotatable bonds is 9. The summed E-state index contributed by atoms with van der Waals surface area (Å²) >= 11 is 0. The average Bonchev–Trinajstić information content (AvgIpc) is 2.20. The molecule has 90 valence electrons. The molecule has 0 atom stereocenters. The topological polar surface area (TPSA) is 34.1 Å². The largest absolute Gasteiger partial charge is 0.229 e. The van der Waals surface area contributed by atoms with Crippen LogP contribution in [-0.2, 0) is 9.84 Å². The minimum atomic E-state index is -2.82. The van der Waals surface area contributed by atoms with Crippen LogP contribution < -0.4 is 0 Å². The third kappa shape index (κ3) is 9.98. The van der Waals surface area contributed by atoms with Crippen LogP contribution in [0.4, 0.5) is 0 Å². The Hall–Kier alpha value is -0.310. The lowest BCUT2D eigenvalue weighted by Crippen LogP contribution is -2.09. The summed E-state index contributed by atoms with van der Waals surface area (Å²) in [6.07, 6.45) is 10.3. The van der Waals surface area contributed by atoms with Gasteiger partial charge in [0.25, 0.3) is 0 Å². The van der Waals surface area contributed by atoms with Gasteiger partial charge in [0.15, 0.2) is 9.84 Å². The molecule has 0 fully saturated rings. The van der Waals surface area contributed by atoms with Crippen LogP contribution in [-0.4, -0.2) is 19.9 Å². The van der Waals surface area contributed by atoms with Gasteiger partial charge in [-0.15, -0.1) is 0 Å². The number of sulfone groups is 1. The maximum atomic E-state index is 11.4. The molecule has 0 amide bonds. The van der Waals surface area contributed by atoms with Crippen molar-refractivity contribution in [1.82, 2.24) is 0 Å². The zero-order valence-electron chi connectivity index (χ0n) is 10.0. The molecule has 0 saturated heterocycles. The van der Waals surface area contributed by atoms with Crippen molar-refractivity contribution < 1.29 is 8.42 Å². The molecule has 0 unspecified atom stereocenters. The fraction of sp³-hybridized carbons (Fsp3) is 0.833. The third-order valence-corrected chi connectivity index (χ3v) is 4.01. The summed E-state index contributed by atoms with van der Waals surface area (Å²) in [7, 11) is -2.82. The van der Waals surface area contributed by atoms with Crippen LogP contribution in [0.3, 0.4) is 0 Å². The van der Waals surface area contributed by atoms with Gasteiger partial charge in [0.2, 0.25) is 0 Å². The lowest BCUT2D eigenvalue weighted by Gasteiger charge is -2.01. The van der Waals surface area contributed by atoms with E-state index in [1.165, 1.54) is 25.7 Å². The van der Waals surface area contributed by atoms with Crippen molar-refractivity contribution in [2.24, 2.45) is 0 Å². The van der Waals surface area contributed by atoms with Gasteiger partial charge in [0, 0.05) is 0 Å². The molecule has 0 aliphatic carbocycles. The fourth-order valence-electron chi connectivity index (χ4n) is 1.43. The summed E-state index contributed by atoms with van der Waals surface area (Å²) in [4.78, 5) is 0. The van der Waals surface area contributed by atoms with E-state index >= 15 is 0 Å². The molecule has 0 saturated carbocycles. The van der Waals surface area contributed by atoms with E-state index in [1.54, 1.807) is 12.2 Å². The van der Waals surface area contributed by atoms with Crippen LogP contribution in [0.25, 0.3) is 0 Å². The Morgan fingerprint density at radius 1 is 1.00 bits per heavy atom. The van der Waals surface area contributed by atoms with Gasteiger partial charge in [0.1, 0.15) is 0 Å². The summed E-state index contributed by atoms with van der Waals surface area (Å²) in [5.74, 6) is 0.557. The molecule has 0 N–H and O–H groups in total. The first-order valence-corrected chi connectivity index (χ1v) is 7.76. The van der Waals surface area contributed by atoms with E-state index in [-0.39, 0.29) is 5.75 Å². The Morgan fingerprint density at radius 3 is 2.20 bits per heavy atom. The van der Waals surface area contributed by atoms with Gasteiger partial charge in [-0.2, -0.15) is 0 Å². The quantitative estimate of drug-likeness (QED) is 0.451. The maximum Gasteiger partial charge on any atom is 0.153 e. The van der Waals surface area contributed by atoms with Gasteiger partial charge in [-0.05, 0) is 13.3 Å². The number of allylic oxidation sites excluding steroid dienone is 1. The summed E-state index contributed by atoms with van der Waals surface area (Å²) in [5, 5.41) is 0. The van der Waals surface area contributed by atoms with E-state index in [0.717, 1.165) is 12.8 Å². The number of hydrogen-bond acceptors (Lipinski definition) is 2. The molecule has 0 aromatic rings. The molecular weight excluding hydrogens is 208 g/mol.